The van der Waals surface area contributed by atoms with Crippen molar-refractivity contribution in [3.63, 3.8) is 0 Å². The zero-order valence-electron chi connectivity index (χ0n) is 10.3. The molecule has 0 spiro atoms. The van der Waals surface area contributed by atoms with Gasteiger partial charge in [0.1, 0.15) is 11.9 Å². The van der Waals surface area contributed by atoms with Crippen LogP contribution >= 0.6 is 23.4 Å². The molecule has 98 valence electrons. The lowest BCUT2D eigenvalue weighted by molar-refractivity contribution is 0.211. The topological polar surface area (TPSA) is 35.2 Å². The van der Waals surface area contributed by atoms with Crippen molar-refractivity contribution >= 4 is 23.4 Å². The smallest absolute Gasteiger partial charge is 0.138 e. The Morgan fingerprint density at radius 2 is 2.22 bits per heavy atom. The molecule has 1 aliphatic heterocycles. The molecular formula is C14H18ClNOS. The summed E-state index contributed by atoms with van der Waals surface area (Å²) in [5, 5.41) is 0.694. The number of rotatable bonds is 3. The van der Waals surface area contributed by atoms with Gasteiger partial charge in [-0.1, -0.05) is 17.7 Å². The van der Waals surface area contributed by atoms with Gasteiger partial charge >= 0.3 is 0 Å². The standard InChI is InChI=1S/C14H18ClNOS/c15-12-8-10(14(16)5-6-14)3-4-13(12)17-11-2-1-7-18-9-11/h3-4,8,11H,1-2,5-7,9,16H2. The third-order valence-corrected chi connectivity index (χ3v) is 5.19. The van der Waals surface area contributed by atoms with E-state index in [4.69, 9.17) is 22.1 Å². The highest BCUT2D eigenvalue weighted by molar-refractivity contribution is 7.99. The van der Waals surface area contributed by atoms with Crippen molar-refractivity contribution in [1.82, 2.24) is 0 Å². The largest absolute Gasteiger partial charge is 0.488 e. The minimum atomic E-state index is -0.122. The Balaban J connectivity index is 1.72. The van der Waals surface area contributed by atoms with Crippen molar-refractivity contribution in [1.29, 1.82) is 0 Å². The maximum absolute atomic E-state index is 6.30. The van der Waals surface area contributed by atoms with Gasteiger partial charge in [0.15, 0.2) is 0 Å². The summed E-state index contributed by atoms with van der Waals surface area (Å²) < 4.78 is 5.98. The molecular weight excluding hydrogens is 266 g/mol. The first-order chi connectivity index (χ1) is 8.67. The molecule has 1 aromatic carbocycles. The maximum Gasteiger partial charge on any atom is 0.138 e. The average Bonchev–Trinajstić information content (AvgIpc) is 3.12. The van der Waals surface area contributed by atoms with Crippen LogP contribution in [0.5, 0.6) is 5.75 Å². The highest BCUT2D eigenvalue weighted by Crippen LogP contribution is 2.44. The molecule has 1 heterocycles. The summed E-state index contributed by atoms with van der Waals surface area (Å²) in [6.07, 6.45) is 4.79. The average molecular weight is 284 g/mol. The molecule has 1 aliphatic carbocycles. The quantitative estimate of drug-likeness (QED) is 0.921. The lowest BCUT2D eigenvalue weighted by Crippen LogP contribution is -2.23. The molecule has 1 saturated heterocycles. The number of ether oxygens (including phenoxy) is 1. The van der Waals surface area contributed by atoms with Crippen LogP contribution in [0.1, 0.15) is 31.2 Å². The van der Waals surface area contributed by atoms with E-state index in [9.17, 15) is 0 Å². The Morgan fingerprint density at radius 3 is 2.83 bits per heavy atom. The molecule has 2 aliphatic rings. The predicted octanol–water partition coefficient (Wildman–Crippen LogP) is 3.56. The predicted molar refractivity (Wildman–Crippen MR) is 77.5 cm³/mol. The van der Waals surface area contributed by atoms with Crippen LogP contribution in [0.15, 0.2) is 18.2 Å². The third kappa shape index (κ3) is 2.63. The SMILES string of the molecule is NC1(c2ccc(OC3CCCSC3)c(Cl)c2)CC1. The molecule has 1 saturated carbocycles. The fourth-order valence-corrected chi connectivity index (χ4v) is 3.57. The number of benzene rings is 1. The third-order valence-electron chi connectivity index (χ3n) is 3.71. The Morgan fingerprint density at radius 1 is 1.39 bits per heavy atom. The van der Waals surface area contributed by atoms with Crippen molar-refractivity contribution in [3.05, 3.63) is 28.8 Å². The van der Waals surface area contributed by atoms with Crippen LogP contribution in [0.4, 0.5) is 0 Å². The van der Waals surface area contributed by atoms with E-state index in [1.807, 2.05) is 23.9 Å². The summed E-state index contributed by atoms with van der Waals surface area (Å²) in [5.41, 5.74) is 7.18. The zero-order chi connectivity index (χ0) is 12.6. The molecule has 18 heavy (non-hydrogen) atoms. The fraction of sp³-hybridized carbons (Fsp3) is 0.571. The monoisotopic (exact) mass is 283 g/mol. The van der Waals surface area contributed by atoms with E-state index in [0.717, 1.165) is 36.3 Å². The number of nitrogens with two attached hydrogens (primary N) is 1. The summed E-state index contributed by atoms with van der Waals surface area (Å²) >= 11 is 8.25. The van der Waals surface area contributed by atoms with Crippen LogP contribution < -0.4 is 10.5 Å². The summed E-state index contributed by atoms with van der Waals surface area (Å²) in [5.74, 6) is 3.12. The number of halogens is 1. The van der Waals surface area contributed by atoms with E-state index in [2.05, 4.69) is 6.07 Å². The Kier molecular flexibility index (Phi) is 3.48. The lowest BCUT2D eigenvalue weighted by Gasteiger charge is -2.23. The van der Waals surface area contributed by atoms with Crippen LogP contribution in [0.25, 0.3) is 0 Å². The van der Waals surface area contributed by atoms with E-state index >= 15 is 0 Å². The highest BCUT2D eigenvalue weighted by Gasteiger charge is 2.40. The molecule has 0 amide bonds. The minimum absolute atomic E-state index is 0.122. The van der Waals surface area contributed by atoms with Crippen molar-refractivity contribution in [2.24, 2.45) is 5.73 Å². The second-order valence-electron chi connectivity index (χ2n) is 5.26. The molecule has 0 bridgehead atoms. The van der Waals surface area contributed by atoms with Gasteiger partial charge in [-0.25, -0.2) is 0 Å². The second-order valence-corrected chi connectivity index (χ2v) is 6.82. The molecule has 2 nitrogen and oxygen atoms in total. The first-order valence-electron chi connectivity index (χ1n) is 6.51. The molecule has 4 heteroatoms. The Bertz CT molecular complexity index is 441. The summed E-state index contributed by atoms with van der Waals surface area (Å²) in [4.78, 5) is 0. The Labute approximate surface area is 117 Å². The number of hydrogen-bond acceptors (Lipinski definition) is 3. The van der Waals surface area contributed by atoms with Crippen molar-refractivity contribution in [2.45, 2.75) is 37.3 Å². The van der Waals surface area contributed by atoms with E-state index < -0.39 is 0 Å². The first kappa shape index (κ1) is 12.6. The van der Waals surface area contributed by atoms with Crippen LogP contribution in [-0.2, 0) is 5.54 Å². The van der Waals surface area contributed by atoms with E-state index in [0.29, 0.717) is 11.1 Å². The van der Waals surface area contributed by atoms with Crippen LogP contribution in [0.3, 0.4) is 0 Å². The van der Waals surface area contributed by atoms with E-state index in [1.54, 1.807) is 0 Å². The summed E-state index contributed by atoms with van der Waals surface area (Å²) in [7, 11) is 0. The Hall–Kier alpha value is -0.380. The van der Waals surface area contributed by atoms with E-state index in [1.165, 1.54) is 12.2 Å². The first-order valence-corrected chi connectivity index (χ1v) is 8.04. The van der Waals surface area contributed by atoms with Gasteiger partial charge in [0.2, 0.25) is 0 Å². The van der Waals surface area contributed by atoms with Gasteiger partial charge in [-0.2, -0.15) is 11.8 Å². The number of thioether (sulfide) groups is 1. The van der Waals surface area contributed by atoms with Gasteiger partial charge in [0.05, 0.1) is 5.02 Å². The van der Waals surface area contributed by atoms with Gasteiger partial charge in [-0.15, -0.1) is 0 Å². The molecule has 0 radical (unpaired) electrons. The highest BCUT2D eigenvalue weighted by atomic mass is 35.5. The van der Waals surface area contributed by atoms with Crippen molar-refractivity contribution in [3.8, 4) is 5.75 Å². The summed E-state index contributed by atoms with van der Waals surface area (Å²) in [6.45, 7) is 0. The molecule has 1 aromatic rings. The van der Waals surface area contributed by atoms with Crippen LogP contribution in [0, 0.1) is 0 Å². The zero-order valence-corrected chi connectivity index (χ0v) is 11.9. The molecule has 2 fully saturated rings. The molecule has 1 unspecified atom stereocenters. The van der Waals surface area contributed by atoms with Crippen LogP contribution in [0.2, 0.25) is 5.02 Å². The second kappa shape index (κ2) is 4.95. The molecule has 3 rings (SSSR count). The molecule has 0 aromatic heterocycles. The van der Waals surface area contributed by atoms with Crippen molar-refractivity contribution < 1.29 is 4.74 Å². The molecule has 2 N–H and O–H groups in total. The maximum atomic E-state index is 6.30. The minimum Gasteiger partial charge on any atom is -0.488 e. The van der Waals surface area contributed by atoms with E-state index in [-0.39, 0.29) is 5.54 Å². The van der Waals surface area contributed by atoms with Gasteiger partial charge in [0, 0.05) is 11.3 Å². The molecule has 1 atom stereocenters. The van der Waals surface area contributed by atoms with Gasteiger partial charge in [0.25, 0.3) is 0 Å². The lowest BCUT2D eigenvalue weighted by atomic mass is 10.1. The number of hydrogen-bond donors (Lipinski definition) is 1. The van der Waals surface area contributed by atoms with Crippen LogP contribution in [-0.4, -0.2) is 17.6 Å². The van der Waals surface area contributed by atoms with Gasteiger partial charge in [-0.3, -0.25) is 0 Å². The summed E-state index contributed by atoms with van der Waals surface area (Å²) in [6, 6.07) is 6.01. The van der Waals surface area contributed by atoms with Gasteiger partial charge in [-0.05, 0) is 49.1 Å². The normalized spacial score (nSPS) is 25.8. The fourth-order valence-electron chi connectivity index (χ4n) is 2.31. The van der Waals surface area contributed by atoms with Gasteiger partial charge < -0.3 is 10.5 Å². The van der Waals surface area contributed by atoms with Crippen molar-refractivity contribution in [2.75, 3.05) is 11.5 Å².